The number of nitrogens with one attached hydrogen (secondary N) is 3. The summed E-state index contributed by atoms with van der Waals surface area (Å²) in [6.07, 6.45) is 3.68. The number of aromatic amines is 1. The molecule has 1 aliphatic rings. The van der Waals surface area contributed by atoms with Gasteiger partial charge in [-0.05, 0) is 37.2 Å². The van der Waals surface area contributed by atoms with Gasteiger partial charge in [0.15, 0.2) is 5.78 Å². The van der Waals surface area contributed by atoms with E-state index in [0.717, 1.165) is 30.7 Å². The Hall–Kier alpha value is -3.49. The van der Waals surface area contributed by atoms with Crippen LogP contribution in [-0.2, 0) is 38.6 Å². The highest BCUT2D eigenvalue weighted by molar-refractivity contribution is 6.37. The van der Waals surface area contributed by atoms with Crippen molar-refractivity contribution < 1.29 is 23.9 Å². The first-order valence-corrected chi connectivity index (χ1v) is 12.2. The van der Waals surface area contributed by atoms with Gasteiger partial charge in [-0.2, -0.15) is 0 Å². The van der Waals surface area contributed by atoms with Crippen LogP contribution in [-0.4, -0.2) is 46.1 Å². The first kappa shape index (κ1) is 26.1. The summed E-state index contributed by atoms with van der Waals surface area (Å²) in [6, 6.07) is 8.42. The minimum absolute atomic E-state index is 0.0820. The van der Waals surface area contributed by atoms with Crippen LogP contribution in [0.1, 0.15) is 56.6 Å². The fraction of sp³-hybridized carbons (Fsp3) is 0.500. The molecule has 0 spiro atoms. The third-order valence-electron chi connectivity index (χ3n) is 5.92. The van der Waals surface area contributed by atoms with Crippen LogP contribution in [0.3, 0.4) is 0 Å². The number of nitrogens with zero attached hydrogens (tertiary/aromatic N) is 1. The molecule has 0 saturated heterocycles. The van der Waals surface area contributed by atoms with E-state index in [1.165, 1.54) is 0 Å². The number of Topliss-reactive ketones (excluding diaryl/α,β-unsaturated/α-hetero) is 2. The normalized spacial score (nSPS) is 17.6. The first-order valence-electron chi connectivity index (χ1n) is 12.2. The van der Waals surface area contributed by atoms with Crippen molar-refractivity contribution in [2.75, 3.05) is 6.54 Å². The Balaban J connectivity index is 1.69. The maximum absolute atomic E-state index is 13.3. The molecule has 188 valence electrons. The molecule has 2 atom stereocenters. The Morgan fingerprint density at radius 2 is 1.94 bits per heavy atom. The summed E-state index contributed by atoms with van der Waals surface area (Å²) in [5.74, 6) is -1.54. The Morgan fingerprint density at radius 1 is 1.17 bits per heavy atom. The molecule has 35 heavy (non-hydrogen) atoms. The molecular formula is C26H34N4O5. The number of hydrogen-bond acceptors (Lipinski definition) is 6. The van der Waals surface area contributed by atoms with E-state index in [4.69, 9.17) is 4.74 Å². The molecule has 1 aromatic heterocycles. The fourth-order valence-corrected chi connectivity index (χ4v) is 4.09. The highest BCUT2D eigenvalue weighted by Gasteiger charge is 2.32. The molecule has 0 radical (unpaired) electrons. The van der Waals surface area contributed by atoms with Crippen LogP contribution >= 0.6 is 0 Å². The van der Waals surface area contributed by atoms with Crippen molar-refractivity contribution in [2.24, 2.45) is 11.8 Å². The number of carbonyl (C=O) groups is 4. The van der Waals surface area contributed by atoms with Gasteiger partial charge in [-0.25, -0.2) is 9.78 Å². The SMILES string of the molecule is CC(C)CC(NC(=O)OCc1ccccc1)C(=O)CC1Cc2cnc([nH]2)CCCCNC(=O)C1=O. The zero-order valence-corrected chi connectivity index (χ0v) is 20.3. The van der Waals surface area contributed by atoms with Gasteiger partial charge in [0.1, 0.15) is 12.4 Å². The van der Waals surface area contributed by atoms with Crippen LogP contribution in [0.5, 0.6) is 0 Å². The average molecular weight is 483 g/mol. The van der Waals surface area contributed by atoms with Crippen molar-refractivity contribution in [1.82, 2.24) is 20.6 Å². The van der Waals surface area contributed by atoms with Crippen LogP contribution in [0, 0.1) is 11.8 Å². The lowest BCUT2D eigenvalue weighted by Gasteiger charge is -2.22. The first-order chi connectivity index (χ1) is 16.8. The van der Waals surface area contributed by atoms with Crippen molar-refractivity contribution in [1.29, 1.82) is 0 Å². The van der Waals surface area contributed by atoms with Crippen molar-refractivity contribution >= 4 is 23.6 Å². The van der Waals surface area contributed by atoms with Crippen molar-refractivity contribution in [3.63, 3.8) is 0 Å². The lowest BCUT2D eigenvalue weighted by Crippen LogP contribution is -2.44. The van der Waals surface area contributed by atoms with Gasteiger partial charge in [0.25, 0.3) is 5.91 Å². The second kappa shape index (κ2) is 12.8. The number of imidazole rings is 1. The van der Waals surface area contributed by atoms with E-state index in [9.17, 15) is 19.2 Å². The van der Waals surface area contributed by atoms with Crippen molar-refractivity contribution in [3.05, 3.63) is 53.6 Å². The average Bonchev–Trinajstić information content (AvgIpc) is 3.28. The minimum atomic E-state index is -0.855. The number of amides is 2. The summed E-state index contributed by atoms with van der Waals surface area (Å²) in [7, 11) is 0. The predicted molar refractivity (Wildman–Crippen MR) is 129 cm³/mol. The molecule has 2 amide bonds. The van der Waals surface area contributed by atoms with Crippen molar-refractivity contribution in [3.8, 4) is 0 Å². The summed E-state index contributed by atoms with van der Waals surface area (Å²) in [5.41, 5.74) is 1.54. The molecule has 2 unspecified atom stereocenters. The summed E-state index contributed by atoms with van der Waals surface area (Å²) < 4.78 is 5.28. The molecule has 2 bridgehead atoms. The maximum atomic E-state index is 13.3. The largest absolute Gasteiger partial charge is 0.445 e. The predicted octanol–water partition coefficient (Wildman–Crippen LogP) is 2.89. The van der Waals surface area contributed by atoms with Crippen LogP contribution < -0.4 is 10.6 Å². The molecule has 2 aromatic rings. The molecule has 0 saturated carbocycles. The van der Waals surface area contributed by atoms with E-state index in [2.05, 4.69) is 20.6 Å². The molecule has 3 rings (SSSR count). The highest BCUT2D eigenvalue weighted by atomic mass is 16.5. The topological polar surface area (TPSA) is 130 Å². The minimum Gasteiger partial charge on any atom is -0.445 e. The number of alkyl carbamates (subject to hydrolysis) is 1. The van der Waals surface area contributed by atoms with Gasteiger partial charge in [0.05, 0.1) is 6.04 Å². The van der Waals surface area contributed by atoms with E-state index in [0.29, 0.717) is 18.7 Å². The van der Waals surface area contributed by atoms with E-state index in [-0.39, 0.29) is 31.1 Å². The van der Waals surface area contributed by atoms with Gasteiger partial charge in [-0.1, -0.05) is 44.2 Å². The number of hydrogen-bond donors (Lipinski definition) is 3. The van der Waals surface area contributed by atoms with Crippen LogP contribution in [0.25, 0.3) is 0 Å². The summed E-state index contributed by atoms with van der Waals surface area (Å²) in [4.78, 5) is 58.6. The second-order valence-electron chi connectivity index (χ2n) is 9.39. The zero-order chi connectivity index (χ0) is 25.2. The van der Waals surface area contributed by atoms with Gasteiger partial charge in [0, 0.05) is 37.2 Å². The molecule has 9 nitrogen and oxygen atoms in total. The van der Waals surface area contributed by atoms with Gasteiger partial charge in [-0.15, -0.1) is 0 Å². The summed E-state index contributed by atoms with van der Waals surface area (Å²) >= 11 is 0. The maximum Gasteiger partial charge on any atom is 0.408 e. The van der Waals surface area contributed by atoms with Gasteiger partial charge < -0.3 is 20.4 Å². The Bertz CT molecular complexity index is 1020. The standard InChI is InChI=1S/C26H34N4O5/c1-17(2)12-21(30-26(34)35-16-18-8-4-3-5-9-18)22(31)14-19-13-20-15-28-23(29-20)10-6-7-11-27-25(33)24(19)32/h3-5,8-9,15,17,19,21H,6-7,10-14,16H2,1-2H3,(H,27,33)(H,28,29)(H,30,34). The Kier molecular flexibility index (Phi) is 9.57. The zero-order valence-electron chi connectivity index (χ0n) is 20.3. The Morgan fingerprint density at radius 3 is 2.69 bits per heavy atom. The van der Waals surface area contributed by atoms with E-state index >= 15 is 0 Å². The second-order valence-corrected chi connectivity index (χ2v) is 9.39. The molecule has 1 aliphatic heterocycles. The molecule has 0 fully saturated rings. The molecule has 1 aromatic carbocycles. The monoisotopic (exact) mass is 482 g/mol. The van der Waals surface area contributed by atoms with E-state index < -0.39 is 29.7 Å². The molecule has 0 aliphatic carbocycles. The fourth-order valence-electron chi connectivity index (χ4n) is 4.09. The number of aromatic nitrogens is 2. The number of carbonyl (C=O) groups excluding carboxylic acids is 4. The number of rotatable bonds is 8. The van der Waals surface area contributed by atoms with E-state index in [1.807, 2.05) is 44.2 Å². The number of fused-ring (bicyclic) bond motifs is 2. The molecule has 9 heteroatoms. The third-order valence-corrected chi connectivity index (χ3v) is 5.92. The van der Waals surface area contributed by atoms with Gasteiger partial charge in [0.2, 0.25) is 5.78 Å². The number of ketones is 2. The molecular weight excluding hydrogens is 448 g/mol. The number of ether oxygens (including phenoxy) is 1. The third kappa shape index (κ3) is 8.35. The smallest absolute Gasteiger partial charge is 0.408 e. The molecule has 2 heterocycles. The number of H-pyrrole nitrogens is 1. The Labute approximate surface area is 205 Å². The van der Waals surface area contributed by atoms with Crippen molar-refractivity contribution in [2.45, 2.75) is 65.0 Å². The van der Waals surface area contributed by atoms with E-state index in [1.54, 1.807) is 6.20 Å². The number of aryl methyl sites for hydroxylation is 1. The summed E-state index contributed by atoms with van der Waals surface area (Å²) in [6.45, 7) is 4.36. The highest BCUT2D eigenvalue weighted by Crippen LogP contribution is 2.18. The van der Waals surface area contributed by atoms with Gasteiger partial charge >= 0.3 is 6.09 Å². The lowest BCUT2D eigenvalue weighted by atomic mass is 9.88. The molecule has 3 N–H and O–H groups in total. The quantitative estimate of drug-likeness (QED) is 0.496. The number of benzene rings is 1. The van der Waals surface area contributed by atoms with Crippen LogP contribution in [0.4, 0.5) is 4.79 Å². The van der Waals surface area contributed by atoms with Crippen LogP contribution in [0.2, 0.25) is 0 Å². The lowest BCUT2D eigenvalue weighted by molar-refractivity contribution is -0.141. The summed E-state index contributed by atoms with van der Waals surface area (Å²) in [5, 5.41) is 5.32. The van der Waals surface area contributed by atoms with Gasteiger partial charge in [-0.3, -0.25) is 14.4 Å². The van der Waals surface area contributed by atoms with Crippen LogP contribution in [0.15, 0.2) is 36.5 Å².